The number of hydrogen-bond acceptors (Lipinski definition) is 3. The van der Waals surface area contributed by atoms with Crippen molar-refractivity contribution >= 4 is 16.7 Å². The fourth-order valence-electron chi connectivity index (χ4n) is 4.69. The summed E-state index contributed by atoms with van der Waals surface area (Å²) in [6.07, 6.45) is 7.09. The summed E-state index contributed by atoms with van der Waals surface area (Å²) in [5, 5.41) is 5.22. The Bertz CT molecular complexity index is 1020. The van der Waals surface area contributed by atoms with E-state index in [9.17, 15) is 4.79 Å². The zero-order chi connectivity index (χ0) is 21.6. The molecule has 0 spiro atoms. The van der Waals surface area contributed by atoms with Crippen molar-refractivity contribution in [3.05, 3.63) is 66.0 Å². The van der Waals surface area contributed by atoms with Gasteiger partial charge in [-0.3, -0.25) is 9.69 Å². The first-order valence-electron chi connectivity index (χ1n) is 11.5. The lowest BCUT2D eigenvalue weighted by molar-refractivity contribution is 0.0929. The third-order valence-corrected chi connectivity index (χ3v) is 6.28. The Hall–Kier alpha value is -2.79. The first-order chi connectivity index (χ1) is 15.2. The monoisotopic (exact) mass is 419 g/mol. The van der Waals surface area contributed by atoms with E-state index in [-0.39, 0.29) is 11.9 Å². The number of amides is 1. The van der Waals surface area contributed by atoms with E-state index >= 15 is 0 Å². The number of hydrogen-bond donors (Lipinski definition) is 1. The highest BCUT2D eigenvalue weighted by Crippen LogP contribution is 2.29. The molecule has 1 aromatic heterocycles. The van der Waals surface area contributed by atoms with Gasteiger partial charge < -0.3 is 14.6 Å². The highest BCUT2D eigenvalue weighted by atomic mass is 16.5. The average Bonchev–Trinajstić information content (AvgIpc) is 3.03. The third kappa shape index (κ3) is 4.77. The van der Waals surface area contributed by atoms with Gasteiger partial charge in [0, 0.05) is 25.5 Å². The van der Waals surface area contributed by atoms with Crippen molar-refractivity contribution in [3.63, 3.8) is 0 Å². The normalized spacial score (nSPS) is 16.1. The topological polar surface area (TPSA) is 46.5 Å². The molecule has 1 fully saturated rings. The largest absolute Gasteiger partial charge is 0.493 e. The van der Waals surface area contributed by atoms with Crippen molar-refractivity contribution in [2.45, 2.75) is 38.6 Å². The number of nitrogens with one attached hydrogen (secondary N) is 1. The van der Waals surface area contributed by atoms with Crippen molar-refractivity contribution in [1.82, 2.24) is 14.8 Å². The van der Waals surface area contributed by atoms with Crippen molar-refractivity contribution in [2.24, 2.45) is 7.05 Å². The Morgan fingerprint density at radius 2 is 1.81 bits per heavy atom. The first-order valence-corrected chi connectivity index (χ1v) is 11.5. The van der Waals surface area contributed by atoms with Gasteiger partial charge >= 0.3 is 0 Å². The number of ether oxygens (including phenoxy) is 1. The minimum Gasteiger partial charge on any atom is -0.493 e. The molecule has 1 atom stereocenters. The maximum Gasteiger partial charge on any atom is 0.255 e. The molecule has 164 valence electrons. The minimum atomic E-state index is -0.0747. The van der Waals surface area contributed by atoms with Gasteiger partial charge in [-0.15, -0.1) is 0 Å². The Morgan fingerprint density at radius 3 is 2.52 bits per heavy atom. The second-order valence-corrected chi connectivity index (χ2v) is 8.31. The Morgan fingerprint density at radius 1 is 1.03 bits per heavy atom. The maximum absolute atomic E-state index is 13.4. The average molecular weight is 420 g/mol. The van der Waals surface area contributed by atoms with Crippen LogP contribution in [0.1, 0.15) is 54.7 Å². The van der Waals surface area contributed by atoms with Gasteiger partial charge in [0.05, 0.1) is 18.2 Å². The van der Waals surface area contributed by atoms with Gasteiger partial charge in [0.1, 0.15) is 5.75 Å². The lowest BCUT2D eigenvalue weighted by Gasteiger charge is -2.31. The van der Waals surface area contributed by atoms with Crippen molar-refractivity contribution in [1.29, 1.82) is 0 Å². The second kappa shape index (κ2) is 10.0. The van der Waals surface area contributed by atoms with Gasteiger partial charge in [0.2, 0.25) is 0 Å². The van der Waals surface area contributed by atoms with E-state index in [0.717, 1.165) is 23.9 Å². The zero-order valence-corrected chi connectivity index (χ0v) is 18.6. The summed E-state index contributed by atoms with van der Waals surface area (Å²) in [4.78, 5) is 16.0. The van der Waals surface area contributed by atoms with Crippen LogP contribution < -0.4 is 10.1 Å². The zero-order valence-electron chi connectivity index (χ0n) is 18.6. The van der Waals surface area contributed by atoms with Crippen LogP contribution in [0.3, 0.4) is 0 Å². The summed E-state index contributed by atoms with van der Waals surface area (Å²) in [6.45, 7) is 5.19. The van der Waals surface area contributed by atoms with Crippen LogP contribution >= 0.6 is 0 Å². The molecule has 0 aliphatic carbocycles. The van der Waals surface area contributed by atoms with Gasteiger partial charge in [0.25, 0.3) is 5.91 Å². The molecule has 0 radical (unpaired) electrons. The molecule has 1 aliphatic heterocycles. The number of fused-ring (bicyclic) bond motifs is 1. The standard InChI is InChI=1S/C26H33N3O2/c1-3-31-24-15-14-20-11-6-7-12-21(20)25(24)26(30)27-19-23(22-13-10-16-28(22)2)29-17-8-4-5-9-18-29/h6-7,10-16,23H,3-5,8-9,17-19H2,1-2H3,(H,27,30). The third-order valence-electron chi connectivity index (χ3n) is 6.28. The number of aryl methyl sites for hydroxylation is 1. The SMILES string of the molecule is CCOc1ccc2ccccc2c1C(=O)NCC(c1cccn1C)N1CCCCCC1. The molecule has 1 aliphatic rings. The van der Waals surface area contributed by atoms with E-state index in [4.69, 9.17) is 4.74 Å². The molecule has 1 unspecified atom stereocenters. The van der Waals surface area contributed by atoms with Crippen molar-refractivity contribution < 1.29 is 9.53 Å². The van der Waals surface area contributed by atoms with Crippen LogP contribution in [0, 0.1) is 0 Å². The highest BCUT2D eigenvalue weighted by Gasteiger charge is 2.25. The summed E-state index contributed by atoms with van der Waals surface area (Å²) in [5.74, 6) is 0.568. The number of benzene rings is 2. The summed E-state index contributed by atoms with van der Waals surface area (Å²) in [6, 6.07) is 16.3. The second-order valence-electron chi connectivity index (χ2n) is 8.31. The van der Waals surface area contributed by atoms with Gasteiger partial charge in [-0.1, -0.05) is 43.2 Å². The molecular formula is C26H33N3O2. The summed E-state index contributed by atoms with van der Waals surface area (Å²) < 4.78 is 7.99. The molecule has 31 heavy (non-hydrogen) atoms. The Balaban J connectivity index is 1.61. The van der Waals surface area contributed by atoms with Crippen molar-refractivity contribution in [3.8, 4) is 5.75 Å². The fraction of sp³-hybridized carbons (Fsp3) is 0.423. The lowest BCUT2D eigenvalue weighted by Crippen LogP contribution is -2.39. The smallest absolute Gasteiger partial charge is 0.255 e. The number of rotatable bonds is 7. The summed E-state index contributed by atoms with van der Waals surface area (Å²) in [7, 11) is 2.08. The maximum atomic E-state index is 13.4. The van der Waals surface area contributed by atoms with Crippen LogP contribution in [0.25, 0.3) is 10.8 Å². The molecule has 0 saturated carbocycles. The molecule has 1 N–H and O–H groups in total. The quantitative estimate of drug-likeness (QED) is 0.591. The van der Waals surface area contributed by atoms with Crippen molar-refractivity contribution in [2.75, 3.05) is 26.2 Å². The van der Waals surface area contributed by atoms with Crippen LogP contribution in [-0.2, 0) is 7.05 Å². The molecule has 4 rings (SSSR count). The van der Waals surface area contributed by atoms with Crippen LogP contribution in [0.5, 0.6) is 5.75 Å². The van der Waals surface area contributed by atoms with E-state index in [1.54, 1.807) is 0 Å². The van der Waals surface area contributed by atoms with E-state index in [0.29, 0.717) is 24.5 Å². The van der Waals surface area contributed by atoms with Crippen LogP contribution in [0.15, 0.2) is 54.7 Å². The van der Waals surface area contributed by atoms with Crippen LogP contribution in [0.4, 0.5) is 0 Å². The predicted octanol–water partition coefficient (Wildman–Crippen LogP) is 4.92. The number of nitrogens with zero attached hydrogens (tertiary/aromatic N) is 2. The summed E-state index contributed by atoms with van der Waals surface area (Å²) in [5.41, 5.74) is 1.87. The number of likely N-dealkylation sites (tertiary alicyclic amines) is 1. The molecule has 1 saturated heterocycles. The number of aromatic nitrogens is 1. The Kier molecular flexibility index (Phi) is 6.92. The molecule has 1 amide bonds. The summed E-state index contributed by atoms with van der Waals surface area (Å²) >= 11 is 0. The van der Waals surface area contributed by atoms with Gasteiger partial charge in [-0.25, -0.2) is 0 Å². The van der Waals surface area contributed by atoms with E-state index in [1.807, 2.05) is 43.3 Å². The Labute approximate surface area is 185 Å². The first kappa shape index (κ1) is 21.4. The lowest BCUT2D eigenvalue weighted by atomic mass is 10.0. The van der Waals surface area contributed by atoms with E-state index < -0.39 is 0 Å². The molecule has 3 aromatic rings. The molecule has 2 heterocycles. The van der Waals surface area contributed by atoms with E-state index in [2.05, 4.69) is 40.2 Å². The minimum absolute atomic E-state index is 0.0747. The molecule has 2 aromatic carbocycles. The van der Waals surface area contributed by atoms with E-state index in [1.165, 1.54) is 31.4 Å². The predicted molar refractivity (Wildman–Crippen MR) is 126 cm³/mol. The van der Waals surface area contributed by atoms with Gasteiger partial charge in [0.15, 0.2) is 0 Å². The van der Waals surface area contributed by atoms with Crippen LogP contribution in [0.2, 0.25) is 0 Å². The van der Waals surface area contributed by atoms with Crippen LogP contribution in [-0.4, -0.2) is 41.6 Å². The number of carbonyl (C=O) groups excluding carboxylic acids is 1. The van der Waals surface area contributed by atoms with Gasteiger partial charge in [-0.05, 0) is 61.8 Å². The molecule has 5 heteroatoms. The molecular weight excluding hydrogens is 386 g/mol. The fourth-order valence-corrected chi connectivity index (χ4v) is 4.69. The highest BCUT2D eigenvalue weighted by molar-refractivity contribution is 6.09. The van der Waals surface area contributed by atoms with Gasteiger partial charge in [-0.2, -0.15) is 0 Å². The molecule has 0 bridgehead atoms. The molecule has 5 nitrogen and oxygen atoms in total. The number of carbonyl (C=O) groups is 1.